The fourth-order valence-corrected chi connectivity index (χ4v) is 2.34. The number of hydrogen-bond donors (Lipinski definition) is 2. The second-order valence-corrected chi connectivity index (χ2v) is 6.71. The van der Waals surface area contributed by atoms with Gasteiger partial charge in [-0.1, -0.05) is 30.3 Å². The van der Waals surface area contributed by atoms with Crippen LogP contribution in [-0.4, -0.2) is 21.9 Å². The van der Waals surface area contributed by atoms with Crippen LogP contribution >= 0.6 is 0 Å². The van der Waals surface area contributed by atoms with E-state index in [2.05, 4.69) is 15.5 Å². The molecule has 6 heteroatoms. The Balaban J connectivity index is 1.83. The Hall–Kier alpha value is -3.02. The highest BCUT2D eigenvalue weighted by Gasteiger charge is 2.18. The summed E-state index contributed by atoms with van der Waals surface area (Å²) >= 11 is 0. The summed E-state index contributed by atoms with van der Waals surface area (Å²) in [7, 11) is 0. The molecule has 2 N–H and O–H groups in total. The summed E-state index contributed by atoms with van der Waals surface area (Å²) in [4.78, 5) is 12.1. The van der Waals surface area contributed by atoms with Crippen LogP contribution in [0.15, 0.2) is 48.7 Å². The second kappa shape index (κ2) is 6.84. The van der Waals surface area contributed by atoms with E-state index in [0.29, 0.717) is 18.0 Å². The third-order valence-corrected chi connectivity index (χ3v) is 3.41. The lowest BCUT2D eigenvalue weighted by Gasteiger charge is -2.20. The Morgan fingerprint density at radius 2 is 1.96 bits per heavy atom. The van der Waals surface area contributed by atoms with Crippen molar-refractivity contribution in [1.29, 1.82) is 0 Å². The highest BCUT2D eigenvalue weighted by Crippen LogP contribution is 2.30. The van der Waals surface area contributed by atoms with E-state index in [1.807, 2.05) is 63.2 Å². The average molecular weight is 339 g/mol. The van der Waals surface area contributed by atoms with E-state index in [1.165, 1.54) is 0 Å². The minimum atomic E-state index is -0.575. The second-order valence-electron chi connectivity index (χ2n) is 6.71. The van der Waals surface area contributed by atoms with Crippen LogP contribution in [0.5, 0.6) is 5.75 Å². The van der Waals surface area contributed by atoms with Crippen molar-refractivity contribution in [2.24, 2.45) is 0 Å². The van der Waals surface area contributed by atoms with Gasteiger partial charge in [-0.25, -0.2) is 4.79 Å². The first-order valence-corrected chi connectivity index (χ1v) is 8.04. The number of carbonyl (C=O) groups excluding carboxylic acids is 1. The highest BCUT2D eigenvalue weighted by atomic mass is 16.6. The van der Waals surface area contributed by atoms with Crippen LogP contribution in [0.25, 0.3) is 10.9 Å². The normalized spacial score (nSPS) is 11.3. The Labute approximate surface area is 146 Å². The lowest BCUT2D eigenvalue weighted by Crippen LogP contribution is -2.27. The molecule has 3 aromatic rings. The molecule has 130 valence electrons. The summed E-state index contributed by atoms with van der Waals surface area (Å²) in [5.74, 6) is 0.548. The van der Waals surface area contributed by atoms with Crippen molar-refractivity contribution in [3.05, 3.63) is 54.2 Å². The molecule has 3 rings (SSSR count). The molecule has 2 aromatic carbocycles. The molecule has 0 radical (unpaired) electrons. The first-order valence-electron chi connectivity index (χ1n) is 8.04. The van der Waals surface area contributed by atoms with Crippen LogP contribution in [0.1, 0.15) is 26.3 Å². The predicted molar refractivity (Wildman–Crippen MR) is 96.7 cm³/mol. The number of ether oxygens (including phenoxy) is 2. The van der Waals surface area contributed by atoms with Gasteiger partial charge in [0, 0.05) is 11.5 Å². The molecule has 1 heterocycles. The molecule has 0 aliphatic carbocycles. The summed E-state index contributed by atoms with van der Waals surface area (Å²) in [6.07, 6.45) is 1.16. The Kier molecular flexibility index (Phi) is 4.61. The lowest BCUT2D eigenvalue weighted by molar-refractivity contribution is 0.0635. The number of aromatic amines is 1. The lowest BCUT2D eigenvalue weighted by atomic mass is 10.2. The maximum Gasteiger partial charge on any atom is 0.412 e. The van der Waals surface area contributed by atoms with E-state index in [-0.39, 0.29) is 0 Å². The van der Waals surface area contributed by atoms with Gasteiger partial charge in [0.05, 0.1) is 17.4 Å². The molecule has 0 bridgehead atoms. The summed E-state index contributed by atoms with van der Waals surface area (Å²) < 4.78 is 11.2. The Morgan fingerprint density at radius 3 is 2.68 bits per heavy atom. The number of aromatic nitrogens is 2. The number of fused-ring (bicyclic) bond motifs is 1. The molecule has 6 nitrogen and oxygen atoms in total. The first kappa shape index (κ1) is 16.8. The zero-order chi connectivity index (χ0) is 17.9. The largest absolute Gasteiger partial charge is 0.487 e. The fourth-order valence-electron chi connectivity index (χ4n) is 2.34. The fraction of sp³-hybridized carbons (Fsp3) is 0.263. The summed E-state index contributed by atoms with van der Waals surface area (Å²) in [6.45, 7) is 5.85. The maximum absolute atomic E-state index is 12.1. The standard InChI is InChI=1S/C19H21N3O3/c1-19(2,3)25-18(23)21-16-9-14-11-20-22-15(14)10-17(16)24-12-13-7-5-4-6-8-13/h4-11H,12H2,1-3H3,(H,20,22)(H,21,23). The number of carbonyl (C=O) groups is 1. The molecule has 0 aliphatic heterocycles. The Bertz CT molecular complexity index is 867. The van der Waals surface area contributed by atoms with E-state index >= 15 is 0 Å². The number of hydrogen-bond acceptors (Lipinski definition) is 4. The molecule has 0 aliphatic rings. The summed E-state index contributed by atoms with van der Waals surface area (Å²) in [5, 5.41) is 10.5. The van der Waals surface area contributed by atoms with E-state index in [9.17, 15) is 4.79 Å². The Morgan fingerprint density at radius 1 is 1.20 bits per heavy atom. The highest BCUT2D eigenvalue weighted by molar-refractivity contribution is 5.92. The zero-order valence-corrected chi connectivity index (χ0v) is 14.5. The molecular formula is C19H21N3O3. The van der Waals surface area contributed by atoms with Crippen LogP contribution in [0.2, 0.25) is 0 Å². The SMILES string of the molecule is CC(C)(C)OC(=O)Nc1cc2cn[nH]c2cc1OCc1ccccc1. The van der Waals surface area contributed by atoms with Crippen LogP contribution in [0.4, 0.5) is 10.5 Å². The van der Waals surface area contributed by atoms with E-state index in [1.54, 1.807) is 6.20 Å². The number of amides is 1. The number of rotatable bonds is 4. The van der Waals surface area contributed by atoms with Crippen LogP contribution in [0, 0.1) is 0 Å². The van der Waals surface area contributed by atoms with Crippen molar-refractivity contribution in [1.82, 2.24) is 10.2 Å². The van der Waals surface area contributed by atoms with Crippen LogP contribution in [0.3, 0.4) is 0 Å². The molecular weight excluding hydrogens is 318 g/mol. The van der Waals surface area contributed by atoms with Crippen molar-refractivity contribution < 1.29 is 14.3 Å². The predicted octanol–water partition coefficient (Wildman–Crippen LogP) is 4.49. The molecule has 0 fully saturated rings. The monoisotopic (exact) mass is 339 g/mol. The van der Waals surface area contributed by atoms with E-state index < -0.39 is 11.7 Å². The van der Waals surface area contributed by atoms with Crippen molar-refractivity contribution in [2.75, 3.05) is 5.32 Å². The quantitative estimate of drug-likeness (QED) is 0.734. The van der Waals surface area contributed by atoms with Crippen molar-refractivity contribution in [3.63, 3.8) is 0 Å². The third kappa shape index (κ3) is 4.50. The molecule has 0 spiro atoms. The van der Waals surface area contributed by atoms with Gasteiger partial charge in [-0.3, -0.25) is 10.4 Å². The number of nitrogens with zero attached hydrogens (tertiary/aromatic N) is 1. The zero-order valence-electron chi connectivity index (χ0n) is 14.5. The van der Waals surface area contributed by atoms with Crippen molar-refractivity contribution in [3.8, 4) is 5.75 Å². The van der Waals surface area contributed by atoms with Gasteiger partial charge in [0.2, 0.25) is 0 Å². The van der Waals surface area contributed by atoms with Gasteiger partial charge >= 0.3 is 6.09 Å². The van der Waals surface area contributed by atoms with E-state index in [4.69, 9.17) is 9.47 Å². The number of nitrogens with one attached hydrogen (secondary N) is 2. The summed E-state index contributed by atoms with van der Waals surface area (Å²) in [5.41, 5.74) is 1.84. The molecule has 25 heavy (non-hydrogen) atoms. The summed E-state index contributed by atoms with van der Waals surface area (Å²) in [6, 6.07) is 13.5. The number of anilines is 1. The third-order valence-electron chi connectivity index (χ3n) is 3.41. The van der Waals surface area contributed by atoms with Gasteiger partial charge in [-0.15, -0.1) is 0 Å². The minimum absolute atomic E-state index is 0.392. The van der Waals surface area contributed by atoms with Gasteiger partial charge in [-0.2, -0.15) is 5.10 Å². The smallest absolute Gasteiger partial charge is 0.412 e. The van der Waals surface area contributed by atoms with Crippen molar-refractivity contribution >= 4 is 22.7 Å². The topological polar surface area (TPSA) is 76.2 Å². The maximum atomic E-state index is 12.1. The first-order chi connectivity index (χ1) is 11.9. The van der Waals surface area contributed by atoms with Crippen LogP contribution in [-0.2, 0) is 11.3 Å². The van der Waals surface area contributed by atoms with Gasteiger partial charge < -0.3 is 9.47 Å². The van der Waals surface area contributed by atoms with Gasteiger partial charge in [-0.05, 0) is 32.4 Å². The molecule has 0 atom stereocenters. The van der Waals surface area contributed by atoms with Crippen LogP contribution < -0.4 is 10.1 Å². The molecule has 0 saturated heterocycles. The van der Waals surface area contributed by atoms with Gasteiger partial charge in [0.1, 0.15) is 18.0 Å². The van der Waals surface area contributed by atoms with Crippen molar-refractivity contribution in [2.45, 2.75) is 33.0 Å². The molecule has 0 unspecified atom stereocenters. The molecule has 1 aromatic heterocycles. The van der Waals surface area contributed by atoms with E-state index in [0.717, 1.165) is 16.5 Å². The van der Waals surface area contributed by atoms with Gasteiger partial charge in [0.25, 0.3) is 0 Å². The molecule has 1 amide bonds. The average Bonchev–Trinajstić information content (AvgIpc) is 2.99. The number of H-pyrrole nitrogens is 1. The van der Waals surface area contributed by atoms with Gasteiger partial charge in [0.15, 0.2) is 0 Å². The molecule has 0 saturated carbocycles. The number of benzene rings is 2. The minimum Gasteiger partial charge on any atom is -0.487 e.